The SMILES string of the molecule is CC(=O)O[C@@H]1[C@@H](O)[C@@H](N)[C@@H](O)[C@@H]2OCO[C@H]12. The van der Waals surface area contributed by atoms with E-state index in [4.69, 9.17) is 19.9 Å². The van der Waals surface area contributed by atoms with Gasteiger partial charge in [-0.05, 0) is 0 Å². The molecule has 7 nitrogen and oxygen atoms in total. The molecule has 16 heavy (non-hydrogen) atoms. The number of hydrogen-bond acceptors (Lipinski definition) is 7. The summed E-state index contributed by atoms with van der Waals surface area (Å²) in [6.07, 6.45) is -4.43. The van der Waals surface area contributed by atoms with Crippen molar-refractivity contribution in [1.82, 2.24) is 0 Å². The summed E-state index contributed by atoms with van der Waals surface area (Å²) in [4.78, 5) is 10.9. The lowest BCUT2D eigenvalue weighted by molar-refractivity contribution is -0.182. The van der Waals surface area contributed by atoms with E-state index >= 15 is 0 Å². The van der Waals surface area contributed by atoms with Gasteiger partial charge in [-0.3, -0.25) is 4.79 Å². The summed E-state index contributed by atoms with van der Waals surface area (Å²) in [5.74, 6) is -0.540. The molecule has 0 radical (unpaired) electrons. The molecule has 1 heterocycles. The molecule has 4 N–H and O–H groups in total. The van der Waals surface area contributed by atoms with Gasteiger partial charge in [-0.25, -0.2) is 0 Å². The molecule has 0 aromatic carbocycles. The van der Waals surface area contributed by atoms with E-state index in [-0.39, 0.29) is 6.79 Å². The second kappa shape index (κ2) is 4.27. The molecule has 1 aliphatic heterocycles. The number of aliphatic hydroxyl groups excluding tert-OH is 2. The van der Waals surface area contributed by atoms with Crippen molar-refractivity contribution in [2.75, 3.05) is 6.79 Å². The van der Waals surface area contributed by atoms with Crippen LogP contribution in [0.3, 0.4) is 0 Å². The zero-order chi connectivity index (χ0) is 11.9. The Labute approximate surface area is 92.1 Å². The molecular formula is C9H15NO6. The molecule has 1 saturated heterocycles. The van der Waals surface area contributed by atoms with Crippen molar-refractivity contribution in [2.45, 2.75) is 43.5 Å². The zero-order valence-corrected chi connectivity index (χ0v) is 8.78. The average molecular weight is 233 g/mol. The van der Waals surface area contributed by atoms with E-state index in [0.717, 1.165) is 0 Å². The second-order valence-electron chi connectivity index (χ2n) is 4.01. The highest BCUT2D eigenvalue weighted by molar-refractivity contribution is 5.66. The summed E-state index contributed by atoms with van der Waals surface area (Å²) < 4.78 is 15.3. The fourth-order valence-corrected chi connectivity index (χ4v) is 2.12. The molecule has 7 heteroatoms. The van der Waals surface area contributed by atoms with Crippen LogP contribution in [-0.2, 0) is 19.0 Å². The first-order valence-electron chi connectivity index (χ1n) is 5.04. The Morgan fingerprint density at radius 1 is 1.31 bits per heavy atom. The standard InChI is InChI=1S/C9H15NO6/c1-3(11)16-8-6(13)4(10)5(12)7-9(8)15-2-14-7/h4-9,12-13H,2,10H2,1H3/t4-,5+,6-,7-,8+,9-/m0/s1. The summed E-state index contributed by atoms with van der Waals surface area (Å²) in [6.45, 7) is 1.22. The molecule has 1 saturated carbocycles. The lowest BCUT2D eigenvalue weighted by Crippen LogP contribution is -2.66. The number of nitrogens with two attached hydrogens (primary N) is 1. The van der Waals surface area contributed by atoms with Crippen molar-refractivity contribution in [2.24, 2.45) is 5.73 Å². The zero-order valence-electron chi connectivity index (χ0n) is 8.78. The first-order valence-corrected chi connectivity index (χ1v) is 5.04. The maximum atomic E-state index is 10.9. The number of hydrogen-bond donors (Lipinski definition) is 3. The Balaban J connectivity index is 2.18. The maximum Gasteiger partial charge on any atom is 0.303 e. The highest BCUT2D eigenvalue weighted by Crippen LogP contribution is 2.30. The van der Waals surface area contributed by atoms with Crippen LogP contribution >= 0.6 is 0 Å². The lowest BCUT2D eigenvalue weighted by atomic mass is 9.83. The molecule has 0 unspecified atom stereocenters. The third-order valence-electron chi connectivity index (χ3n) is 2.93. The minimum Gasteiger partial charge on any atom is -0.457 e. The Morgan fingerprint density at radius 3 is 2.56 bits per heavy atom. The van der Waals surface area contributed by atoms with E-state index in [9.17, 15) is 15.0 Å². The molecule has 0 spiro atoms. The van der Waals surface area contributed by atoms with Crippen molar-refractivity contribution in [3.8, 4) is 0 Å². The van der Waals surface area contributed by atoms with E-state index in [2.05, 4.69) is 0 Å². The smallest absolute Gasteiger partial charge is 0.303 e. The van der Waals surface area contributed by atoms with Crippen LogP contribution in [0.1, 0.15) is 6.92 Å². The van der Waals surface area contributed by atoms with Crippen molar-refractivity contribution >= 4 is 5.97 Å². The van der Waals surface area contributed by atoms with E-state index in [1.165, 1.54) is 6.92 Å². The number of fused-ring (bicyclic) bond motifs is 1. The molecule has 6 atom stereocenters. The molecular weight excluding hydrogens is 218 g/mol. The predicted molar refractivity (Wildman–Crippen MR) is 50.2 cm³/mol. The van der Waals surface area contributed by atoms with E-state index in [0.29, 0.717) is 0 Å². The van der Waals surface area contributed by atoms with Crippen molar-refractivity contribution < 1.29 is 29.2 Å². The summed E-state index contributed by atoms with van der Waals surface area (Å²) in [5, 5.41) is 19.5. The topological polar surface area (TPSA) is 111 Å². The summed E-state index contributed by atoms with van der Waals surface area (Å²) in [7, 11) is 0. The summed E-state index contributed by atoms with van der Waals surface area (Å²) >= 11 is 0. The first-order chi connectivity index (χ1) is 7.52. The first kappa shape index (κ1) is 11.7. The minimum absolute atomic E-state index is 0.0103. The number of ether oxygens (including phenoxy) is 3. The molecule has 2 rings (SSSR count). The fourth-order valence-electron chi connectivity index (χ4n) is 2.12. The Bertz CT molecular complexity index is 285. The lowest BCUT2D eigenvalue weighted by Gasteiger charge is -2.41. The third-order valence-corrected chi connectivity index (χ3v) is 2.93. The van der Waals surface area contributed by atoms with Crippen LogP contribution in [-0.4, -0.2) is 59.5 Å². The summed E-state index contributed by atoms with van der Waals surface area (Å²) in [6, 6.07) is -0.924. The third kappa shape index (κ3) is 1.80. The van der Waals surface area contributed by atoms with Gasteiger partial charge in [0.1, 0.15) is 31.2 Å². The van der Waals surface area contributed by atoms with Gasteiger partial charge < -0.3 is 30.2 Å². The van der Waals surface area contributed by atoms with Gasteiger partial charge in [0, 0.05) is 6.92 Å². The maximum absolute atomic E-state index is 10.9. The van der Waals surface area contributed by atoms with Gasteiger partial charge in [0.05, 0.1) is 6.04 Å². The van der Waals surface area contributed by atoms with E-state index in [1.54, 1.807) is 0 Å². The van der Waals surface area contributed by atoms with Crippen LogP contribution in [0.25, 0.3) is 0 Å². The average Bonchev–Trinajstić information content (AvgIpc) is 2.69. The second-order valence-corrected chi connectivity index (χ2v) is 4.01. The van der Waals surface area contributed by atoms with Crippen LogP contribution in [0.4, 0.5) is 0 Å². The number of carbonyl (C=O) groups excluding carboxylic acids is 1. The predicted octanol–water partition coefficient (Wildman–Crippen LogP) is -2.28. The molecule has 1 aliphatic carbocycles. The van der Waals surface area contributed by atoms with Crippen LogP contribution in [0, 0.1) is 0 Å². The molecule has 92 valence electrons. The van der Waals surface area contributed by atoms with Crippen molar-refractivity contribution in [3.63, 3.8) is 0 Å². The van der Waals surface area contributed by atoms with Gasteiger partial charge >= 0.3 is 5.97 Å². The summed E-state index contributed by atoms with van der Waals surface area (Å²) in [5.41, 5.74) is 5.62. The van der Waals surface area contributed by atoms with Gasteiger partial charge in [-0.15, -0.1) is 0 Å². The molecule has 0 bridgehead atoms. The van der Waals surface area contributed by atoms with E-state index in [1.807, 2.05) is 0 Å². The Kier molecular flexibility index (Phi) is 3.13. The normalized spacial score (nSPS) is 47.5. The number of carbonyl (C=O) groups is 1. The largest absolute Gasteiger partial charge is 0.457 e. The Hall–Kier alpha value is -0.730. The molecule has 2 aliphatic rings. The number of aliphatic hydroxyl groups is 2. The van der Waals surface area contributed by atoms with Gasteiger partial charge in [0.25, 0.3) is 0 Å². The monoisotopic (exact) mass is 233 g/mol. The fraction of sp³-hybridized carbons (Fsp3) is 0.889. The van der Waals surface area contributed by atoms with Crippen LogP contribution in [0.2, 0.25) is 0 Å². The van der Waals surface area contributed by atoms with Gasteiger partial charge in [0.15, 0.2) is 6.10 Å². The minimum atomic E-state index is -1.16. The van der Waals surface area contributed by atoms with Gasteiger partial charge in [-0.1, -0.05) is 0 Å². The quantitative estimate of drug-likeness (QED) is 0.437. The van der Waals surface area contributed by atoms with Gasteiger partial charge in [0.2, 0.25) is 0 Å². The Morgan fingerprint density at radius 2 is 1.94 bits per heavy atom. The van der Waals surface area contributed by atoms with Crippen molar-refractivity contribution in [1.29, 1.82) is 0 Å². The molecule has 2 fully saturated rings. The van der Waals surface area contributed by atoms with Crippen LogP contribution in [0.5, 0.6) is 0 Å². The van der Waals surface area contributed by atoms with Crippen LogP contribution in [0.15, 0.2) is 0 Å². The number of rotatable bonds is 1. The number of esters is 1. The highest BCUT2D eigenvalue weighted by atomic mass is 16.7. The van der Waals surface area contributed by atoms with Crippen molar-refractivity contribution in [3.05, 3.63) is 0 Å². The highest BCUT2D eigenvalue weighted by Gasteiger charge is 2.54. The van der Waals surface area contributed by atoms with Crippen LogP contribution < -0.4 is 5.73 Å². The molecule has 0 aromatic rings. The molecule has 0 amide bonds. The van der Waals surface area contributed by atoms with Gasteiger partial charge in [-0.2, -0.15) is 0 Å². The molecule has 0 aromatic heterocycles. The van der Waals surface area contributed by atoms with E-state index < -0.39 is 42.5 Å².